The van der Waals surface area contributed by atoms with Crippen molar-refractivity contribution in [3.8, 4) is 0 Å². The molecule has 2 N–H and O–H groups in total. The number of carbonyl (C=O) groups is 3. The first-order valence-electron chi connectivity index (χ1n) is 7.06. The fraction of sp³-hybridized carbons (Fsp3) is 0.400. The van der Waals surface area contributed by atoms with Gasteiger partial charge in [0.25, 0.3) is 5.91 Å². The van der Waals surface area contributed by atoms with Crippen LogP contribution >= 0.6 is 0 Å². The number of nitrogens with one attached hydrogen (secondary N) is 2. The molecule has 4 amide bonds. The van der Waals surface area contributed by atoms with Gasteiger partial charge in [-0.1, -0.05) is 12.1 Å². The van der Waals surface area contributed by atoms with E-state index in [1.165, 1.54) is 0 Å². The highest BCUT2D eigenvalue weighted by molar-refractivity contribution is 6.01. The number of urea groups is 1. The monoisotopic (exact) mass is 305 g/mol. The zero-order chi connectivity index (χ0) is 15.9. The highest BCUT2D eigenvalue weighted by atomic mass is 16.5. The number of benzene rings is 1. The van der Waals surface area contributed by atoms with Gasteiger partial charge in [-0.05, 0) is 24.1 Å². The number of methoxy groups -OCH3 is 1. The van der Waals surface area contributed by atoms with Crippen LogP contribution in [0.3, 0.4) is 0 Å². The molecule has 1 heterocycles. The molecule has 22 heavy (non-hydrogen) atoms. The number of carbonyl (C=O) groups excluding carboxylic acids is 3. The number of nitrogens with zero attached hydrogens (tertiary/aromatic N) is 1. The van der Waals surface area contributed by atoms with E-state index in [-0.39, 0.29) is 30.9 Å². The van der Waals surface area contributed by atoms with E-state index in [0.717, 1.165) is 16.9 Å². The molecule has 2 rings (SSSR count). The molecule has 0 aromatic heterocycles. The van der Waals surface area contributed by atoms with Crippen molar-refractivity contribution in [1.29, 1.82) is 0 Å². The van der Waals surface area contributed by atoms with Crippen LogP contribution in [-0.4, -0.2) is 49.6 Å². The molecule has 1 aromatic rings. The molecule has 1 aliphatic rings. The summed E-state index contributed by atoms with van der Waals surface area (Å²) >= 11 is 0. The van der Waals surface area contributed by atoms with E-state index in [2.05, 4.69) is 10.6 Å². The summed E-state index contributed by atoms with van der Waals surface area (Å²) in [5.74, 6) is -0.400. The van der Waals surface area contributed by atoms with Crippen molar-refractivity contribution in [3.63, 3.8) is 0 Å². The van der Waals surface area contributed by atoms with Gasteiger partial charge in [0, 0.05) is 25.8 Å². The predicted octanol–water partition coefficient (Wildman–Crippen LogP) is 0.505. The number of hydrogen-bond acceptors (Lipinski definition) is 4. The first-order valence-corrected chi connectivity index (χ1v) is 7.06. The minimum atomic E-state index is -0.384. The van der Waals surface area contributed by atoms with Gasteiger partial charge in [0.05, 0.1) is 13.1 Å². The minimum absolute atomic E-state index is 0.0425. The molecule has 0 unspecified atom stereocenters. The number of imide groups is 1. The third-order valence-electron chi connectivity index (χ3n) is 3.30. The molecule has 0 radical (unpaired) electrons. The fourth-order valence-electron chi connectivity index (χ4n) is 2.08. The summed E-state index contributed by atoms with van der Waals surface area (Å²) in [7, 11) is 1.62. The summed E-state index contributed by atoms with van der Waals surface area (Å²) in [4.78, 5) is 36.0. The number of hydrogen-bond donors (Lipinski definition) is 2. The number of rotatable bonds is 7. The SMILES string of the molecule is COCCCNC(=O)c1ccc(CN2C(=O)CNC2=O)cc1. The van der Waals surface area contributed by atoms with Crippen LogP contribution in [0.5, 0.6) is 0 Å². The largest absolute Gasteiger partial charge is 0.385 e. The smallest absolute Gasteiger partial charge is 0.324 e. The van der Waals surface area contributed by atoms with Gasteiger partial charge in [0.2, 0.25) is 5.91 Å². The van der Waals surface area contributed by atoms with E-state index in [1.54, 1.807) is 31.4 Å². The Hall–Kier alpha value is -2.41. The molecule has 7 heteroatoms. The van der Waals surface area contributed by atoms with E-state index in [9.17, 15) is 14.4 Å². The Morgan fingerprint density at radius 1 is 1.32 bits per heavy atom. The van der Waals surface area contributed by atoms with Crippen molar-refractivity contribution >= 4 is 17.8 Å². The van der Waals surface area contributed by atoms with Crippen molar-refractivity contribution in [2.75, 3.05) is 26.8 Å². The Balaban J connectivity index is 1.88. The molecule has 1 saturated heterocycles. The number of amides is 4. The second-order valence-corrected chi connectivity index (χ2v) is 4.94. The van der Waals surface area contributed by atoms with Gasteiger partial charge < -0.3 is 15.4 Å². The maximum absolute atomic E-state index is 11.9. The van der Waals surface area contributed by atoms with Gasteiger partial charge in [-0.15, -0.1) is 0 Å². The highest BCUT2D eigenvalue weighted by Gasteiger charge is 2.28. The average molecular weight is 305 g/mol. The van der Waals surface area contributed by atoms with E-state index in [0.29, 0.717) is 18.7 Å². The molecule has 0 atom stereocenters. The van der Waals surface area contributed by atoms with Crippen LogP contribution < -0.4 is 10.6 Å². The van der Waals surface area contributed by atoms with Crippen LogP contribution in [0, 0.1) is 0 Å². The average Bonchev–Trinajstić information content (AvgIpc) is 2.84. The van der Waals surface area contributed by atoms with Crippen molar-refractivity contribution in [2.45, 2.75) is 13.0 Å². The van der Waals surface area contributed by atoms with Gasteiger partial charge in [0.1, 0.15) is 0 Å². The van der Waals surface area contributed by atoms with Gasteiger partial charge in [0.15, 0.2) is 0 Å². The molecule has 118 valence electrons. The summed E-state index contributed by atoms with van der Waals surface area (Å²) in [6.07, 6.45) is 0.756. The molecular weight excluding hydrogens is 286 g/mol. The lowest BCUT2D eigenvalue weighted by Crippen LogP contribution is -2.30. The third-order valence-corrected chi connectivity index (χ3v) is 3.30. The molecule has 0 spiro atoms. The first-order chi connectivity index (χ1) is 10.6. The van der Waals surface area contributed by atoms with Gasteiger partial charge in [-0.3, -0.25) is 14.5 Å². The van der Waals surface area contributed by atoms with Crippen LogP contribution in [0.4, 0.5) is 4.79 Å². The van der Waals surface area contributed by atoms with Crippen molar-refractivity contribution in [3.05, 3.63) is 35.4 Å². The third kappa shape index (κ3) is 4.05. The van der Waals surface area contributed by atoms with Crippen molar-refractivity contribution < 1.29 is 19.1 Å². The summed E-state index contributed by atoms with van der Waals surface area (Å²) in [6, 6.07) is 6.45. The lowest BCUT2D eigenvalue weighted by atomic mass is 10.1. The standard InChI is InChI=1S/C15H19N3O4/c1-22-8-2-7-16-14(20)12-5-3-11(4-6-12)10-18-13(19)9-17-15(18)21/h3-6H,2,7-10H2,1H3,(H,16,20)(H,17,21). The molecule has 0 saturated carbocycles. The van der Waals surface area contributed by atoms with Crippen molar-refractivity contribution in [2.24, 2.45) is 0 Å². The van der Waals surface area contributed by atoms with Gasteiger partial charge in [-0.25, -0.2) is 4.79 Å². The maximum atomic E-state index is 11.9. The second-order valence-electron chi connectivity index (χ2n) is 4.94. The van der Waals surface area contributed by atoms with Crippen LogP contribution in [0.15, 0.2) is 24.3 Å². The topological polar surface area (TPSA) is 87.7 Å². The molecule has 7 nitrogen and oxygen atoms in total. The minimum Gasteiger partial charge on any atom is -0.385 e. The lowest BCUT2D eigenvalue weighted by Gasteiger charge is -2.12. The Labute approximate surface area is 128 Å². The van der Waals surface area contributed by atoms with Crippen LogP contribution in [0.2, 0.25) is 0 Å². The first kappa shape index (κ1) is 16.0. The van der Waals surface area contributed by atoms with E-state index in [1.807, 2.05) is 0 Å². The lowest BCUT2D eigenvalue weighted by molar-refractivity contribution is -0.125. The van der Waals surface area contributed by atoms with E-state index >= 15 is 0 Å². The summed E-state index contributed by atoms with van der Waals surface area (Å²) in [6.45, 7) is 1.41. The summed E-state index contributed by atoms with van der Waals surface area (Å²) in [5.41, 5.74) is 1.33. The molecular formula is C15H19N3O4. The molecule has 0 bridgehead atoms. The molecule has 1 fully saturated rings. The molecule has 0 aliphatic carbocycles. The maximum Gasteiger partial charge on any atom is 0.324 e. The van der Waals surface area contributed by atoms with Gasteiger partial charge in [-0.2, -0.15) is 0 Å². The Morgan fingerprint density at radius 3 is 2.64 bits per heavy atom. The fourth-order valence-corrected chi connectivity index (χ4v) is 2.08. The summed E-state index contributed by atoms with van der Waals surface area (Å²) < 4.78 is 4.91. The second kappa shape index (κ2) is 7.56. The Bertz CT molecular complexity index is 540. The van der Waals surface area contributed by atoms with Crippen LogP contribution in [-0.2, 0) is 16.1 Å². The van der Waals surface area contributed by atoms with Crippen molar-refractivity contribution in [1.82, 2.24) is 15.5 Å². The van der Waals surface area contributed by atoms with E-state index in [4.69, 9.17) is 4.74 Å². The highest BCUT2D eigenvalue weighted by Crippen LogP contribution is 2.10. The van der Waals surface area contributed by atoms with E-state index < -0.39 is 0 Å². The zero-order valence-electron chi connectivity index (χ0n) is 12.4. The summed E-state index contributed by atoms with van der Waals surface area (Å²) in [5, 5.41) is 5.26. The Morgan fingerprint density at radius 2 is 2.05 bits per heavy atom. The molecule has 1 aromatic carbocycles. The van der Waals surface area contributed by atoms with Crippen LogP contribution in [0.1, 0.15) is 22.3 Å². The number of ether oxygens (including phenoxy) is 1. The predicted molar refractivity (Wildman–Crippen MR) is 79.2 cm³/mol. The Kier molecular flexibility index (Phi) is 5.48. The molecule has 1 aliphatic heterocycles. The van der Waals surface area contributed by atoms with Gasteiger partial charge >= 0.3 is 6.03 Å². The van der Waals surface area contributed by atoms with Crippen LogP contribution in [0.25, 0.3) is 0 Å². The zero-order valence-corrected chi connectivity index (χ0v) is 12.4. The quantitative estimate of drug-likeness (QED) is 0.567. The normalized spacial score (nSPS) is 14.1.